The third kappa shape index (κ3) is 4.66. The minimum Gasteiger partial charge on any atom is -0.493 e. The standard InChI is InChI=1S/C30H27FN4O5/c1-18-33-25-10-9-22(14-23(25)30(37)35(18)20-7-5-19(31)6-8-20)39-12-13-40-28-16-26-24(15-27(28)38-2)29(36)34-11-3-4-21(34)17-32-26/h5-10,14-17,21H,3-4,11-13H2,1-2H3/t21-/m0/s1. The lowest BCUT2D eigenvalue weighted by atomic mass is 10.1. The molecular weight excluding hydrogens is 515 g/mol. The number of hydrogen-bond acceptors (Lipinski definition) is 7. The van der Waals surface area contributed by atoms with Crippen molar-refractivity contribution >= 4 is 28.7 Å². The number of benzene rings is 3. The summed E-state index contributed by atoms with van der Waals surface area (Å²) in [5.41, 5.74) is 1.83. The van der Waals surface area contributed by atoms with Crippen molar-refractivity contribution in [1.29, 1.82) is 0 Å². The van der Waals surface area contributed by atoms with Crippen LogP contribution in [0.25, 0.3) is 16.6 Å². The first-order valence-corrected chi connectivity index (χ1v) is 13.0. The lowest BCUT2D eigenvalue weighted by Gasteiger charge is -2.20. The van der Waals surface area contributed by atoms with Crippen molar-refractivity contribution in [1.82, 2.24) is 14.5 Å². The zero-order valence-corrected chi connectivity index (χ0v) is 22.1. The van der Waals surface area contributed by atoms with E-state index in [2.05, 4.69) is 9.98 Å². The van der Waals surface area contributed by atoms with Gasteiger partial charge < -0.3 is 19.1 Å². The predicted molar refractivity (Wildman–Crippen MR) is 148 cm³/mol. The number of aryl methyl sites for hydroxylation is 1. The summed E-state index contributed by atoms with van der Waals surface area (Å²) in [6.07, 6.45) is 3.70. The summed E-state index contributed by atoms with van der Waals surface area (Å²) in [5, 5.41) is 0.379. The molecule has 3 heterocycles. The Bertz CT molecular complexity index is 1700. The highest BCUT2D eigenvalue weighted by Crippen LogP contribution is 2.38. The molecule has 2 aliphatic rings. The monoisotopic (exact) mass is 542 g/mol. The molecule has 0 N–H and O–H groups in total. The summed E-state index contributed by atoms with van der Waals surface area (Å²) in [7, 11) is 1.53. The van der Waals surface area contributed by atoms with Crippen LogP contribution in [0.15, 0.2) is 64.4 Å². The molecule has 40 heavy (non-hydrogen) atoms. The normalized spacial score (nSPS) is 16.0. The number of ether oxygens (including phenoxy) is 3. The number of fused-ring (bicyclic) bond motifs is 3. The molecule has 10 heteroatoms. The van der Waals surface area contributed by atoms with Crippen LogP contribution in [0.1, 0.15) is 29.0 Å². The van der Waals surface area contributed by atoms with Gasteiger partial charge in [0, 0.05) is 18.8 Å². The third-order valence-corrected chi connectivity index (χ3v) is 7.16. The largest absolute Gasteiger partial charge is 0.493 e. The second kappa shape index (κ2) is 10.4. The van der Waals surface area contributed by atoms with Gasteiger partial charge in [-0.2, -0.15) is 0 Å². The van der Waals surface area contributed by atoms with Gasteiger partial charge in [-0.25, -0.2) is 9.37 Å². The van der Waals surface area contributed by atoms with E-state index in [1.165, 1.54) is 35.9 Å². The minimum absolute atomic E-state index is 0.0181. The first-order valence-electron chi connectivity index (χ1n) is 13.0. The molecule has 9 nitrogen and oxygen atoms in total. The fourth-order valence-corrected chi connectivity index (χ4v) is 5.19. The average molecular weight is 543 g/mol. The van der Waals surface area contributed by atoms with Gasteiger partial charge in [0.25, 0.3) is 11.5 Å². The molecule has 1 amide bonds. The summed E-state index contributed by atoms with van der Waals surface area (Å²) in [6, 6.07) is 14.2. The molecule has 3 aromatic carbocycles. The number of hydrogen-bond donors (Lipinski definition) is 0. The van der Waals surface area contributed by atoms with Gasteiger partial charge in [-0.15, -0.1) is 0 Å². The number of carbonyl (C=O) groups is 1. The van der Waals surface area contributed by atoms with E-state index in [9.17, 15) is 14.0 Å². The Balaban J connectivity index is 1.18. The van der Waals surface area contributed by atoms with E-state index in [-0.39, 0.29) is 36.5 Å². The number of aromatic nitrogens is 2. The van der Waals surface area contributed by atoms with E-state index in [0.29, 0.717) is 50.9 Å². The van der Waals surface area contributed by atoms with Crippen LogP contribution in [0.3, 0.4) is 0 Å². The Morgan fingerprint density at radius 1 is 1.00 bits per heavy atom. The third-order valence-electron chi connectivity index (χ3n) is 7.16. The minimum atomic E-state index is -0.383. The van der Waals surface area contributed by atoms with Crippen molar-refractivity contribution in [3.05, 3.63) is 82.2 Å². The number of methoxy groups -OCH3 is 1. The van der Waals surface area contributed by atoms with Crippen LogP contribution < -0.4 is 19.8 Å². The number of amides is 1. The Kier molecular flexibility index (Phi) is 6.67. The summed E-state index contributed by atoms with van der Waals surface area (Å²) >= 11 is 0. The van der Waals surface area contributed by atoms with Gasteiger partial charge in [-0.05, 0) is 68.3 Å². The molecule has 1 fully saturated rings. The molecule has 1 aromatic heterocycles. The van der Waals surface area contributed by atoms with Crippen LogP contribution in [-0.2, 0) is 0 Å². The van der Waals surface area contributed by atoms with Crippen molar-refractivity contribution in [3.8, 4) is 22.9 Å². The lowest BCUT2D eigenvalue weighted by molar-refractivity contribution is 0.0774. The van der Waals surface area contributed by atoms with Crippen LogP contribution in [0.5, 0.6) is 17.2 Å². The maximum atomic E-state index is 13.4. The van der Waals surface area contributed by atoms with E-state index >= 15 is 0 Å². The number of halogens is 1. The van der Waals surface area contributed by atoms with Gasteiger partial charge in [0.15, 0.2) is 11.5 Å². The van der Waals surface area contributed by atoms with Crippen LogP contribution in [0.2, 0.25) is 0 Å². The van der Waals surface area contributed by atoms with E-state index < -0.39 is 0 Å². The molecule has 6 rings (SSSR count). The van der Waals surface area contributed by atoms with Crippen molar-refractivity contribution in [2.75, 3.05) is 26.9 Å². The predicted octanol–water partition coefficient (Wildman–Crippen LogP) is 4.62. The highest BCUT2D eigenvalue weighted by atomic mass is 19.1. The summed E-state index contributed by atoms with van der Waals surface area (Å²) in [6.45, 7) is 2.82. The Morgan fingerprint density at radius 3 is 2.60 bits per heavy atom. The quantitative estimate of drug-likeness (QED) is 0.316. The first-order chi connectivity index (χ1) is 19.4. The van der Waals surface area contributed by atoms with Gasteiger partial charge >= 0.3 is 0 Å². The van der Waals surface area contributed by atoms with E-state index in [1.807, 2.05) is 11.1 Å². The molecule has 2 aliphatic heterocycles. The number of carbonyl (C=O) groups excluding carboxylic acids is 1. The second-order valence-corrected chi connectivity index (χ2v) is 9.66. The molecule has 204 valence electrons. The molecule has 0 saturated carbocycles. The van der Waals surface area contributed by atoms with E-state index in [0.717, 1.165) is 19.4 Å². The highest BCUT2D eigenvalue weighted by Gasteiger charge is 2.32. The maximum Gasteiger partial charge on any atom is 0.266 e. The summed E-state index contributed by atoms with van der Waals surface area (Å²) < 4.78 is 32.2. The first kappa shape index (κ1) is 25.5. The summed E-state index contributed by atoms with van der Waals surface area (Å²) in [5.74, 6) is 1.43. The lowest BCUT2D eigenvalue weighted by Crippen LogP contribution is -2.35. The van der Waals surface area contributed by atoms with Gasteiger partial charge in [0.1, 0.15) is 30.6 Å². The second-order valence-electron chi connectivity index (χ2n) is 9.66. The van der Waals surface area contributed by atoms with Crippen LogP contribution in [0, 0.1) is 12.7 Å². The number of rotatable bonds is 7. The molecular formula is C30H27FN4O5. The zero-order valence-electron chi connectivity index (χ0n) is 22.1. The van der Waals surface area contributed by atoms with Crippen molar-refractivity contribution < 1.29 is 23.4 Å². The fraction of sp³-hybridized carbons (Fsp3) is 0.267. The van der Waals surface area contributed by atoms with Crippen molar-refractivity contribution in [3.63, 3.8) is 0 Å². The molecule has 0 spiro atoms. The van der Waals surface area contributed by atoms with Gasteiger partial charge in [0.2, 0.25) is 0 Å². The van der Waals surface area contributed by atoms with Crippen LogP contribution >= 0.6 is 0 Å². The highest BCUT2D eigenvalue weighted by molar-refractivity contribution is 6.03. The molecule has 0 aliphatic carbocycles. The van der Waals surface area contributed by atoms with E-state index in [4.69, 9.17) is 14.2 Å². The zero-order chi connectivity index (χ0) is 27.8. The number of nitrogens with zero attached hydrogens (tertiary/aromatic N) is 4. The molecule has 0 unspecified atom stereocenters. The topological polar surface area (TPSA) is 95.2 Å². The Hall–Kier alpha value is -4.73. The van der Waals surface area contributed by atoms with Gasteiger partial charge in [-0.3, -0.25) is 19.1 Å². The summed E-state index contributed by atoms with van der Waals surface area (Å²) in [4.78, 5) is 37.3. The van der Waals surface area contributed by atoms with Crippen LogP contribution in [0.4, 0.5) is 10.1 Å². The molecule has 4 aromatic rings. The fourth-order valence-electron chi connectivity index (χ4n) is 5.19. The Labute approximate surface area is 229 Å². The van der Waals surface area contributed by atoms with Crippen molar-refractivity contribution in [2.24, 2.45) is 4.99 Å². The van der Waals surface area contributed by atoms with Gasteiger partial charge in [-0.1, -0.05) is 0 Å². The molecule has 1 saturated heterocycles. The SMILES string of the molecule is COc1cc2c(cc1OCCOc1ccc3nc(C)n(-c4ccc(F)cc4)c(=O)c3c1)N=C[C@@H]1CCCN1C2=O. The van der Waals surface area contributed by atoms with Gasteiger partial charge in [0.05, 0.1) is 41.0 Å². The smallest absolute Gasteiger partial charge is 0.266 e. The molecule has 1 atom stereocenters. The number of aliphatic imine (C=N–C) groups is 1. The van der Waals surface area contributed by atoms with E-state index in [1.54, 1.807) is 37.3 Å². The van der Waals surface area contributed by atoms with Crippen LogP contribution in [-0.4, -0.2) is 59.5 Å². The molecule has 0 radical (unpaired) electrons. The Morgan fingerprint density at radius 2 is 1.80 bits per heavy atom. The van der Waals surface area contributed by atoms with Crippen molar-refractivity contribution in [2.45, 2.75) is 25.8 Å². The maximum absolute atomic E-state index is 13.4. The molecule has 0 bridgehead atoms. The average Bonchev–Trinajstić information content (AvgIpc) is 3.39.